The van der Waals surface area contributed by atoms with Gasteiger partial charge >= 0.3 is 0 Å². The van der Waals surface area contributed by atoms with Gasteiger partial charge in [0.1, 0.15) is 0 Å². The molecule has 2 aliphatic heterocycles. The van der Waals surface area contributed by atoms with Crippen LogP contribution in [0.1, 0.15) is 44.1 Å². The van der Waals surface area contributed by atoms with E-state index in [9.17, 15) is 13.2 Å². The molecule has 2 heterocycles. The summed E-state index contributed by atoms with van der Waals surface area (Å²) in [6.45, 7) is 5.30. The molecule has 0 saturated carbocycles. The molecule has 2 aromatic carbocycles. The summed E-state index contributed by atoms with van der Waals surface area (Å²) >= 11 is 0. The molecule has 2 aromatic rings. The molecule has 0 spiro atoms. The lowest BCUT2D eigenvalue weighted by atomic mass is 9.97. The van der Waals surface area contributed by atoms with Crippen LogP contribution in [0.3, 0.4) is 0 Å². The Kier molecular flexibility index (Phi) is 7.67. The molecule has 1 amide bonds. The summed E-state index contributed by atoms with van der Waals surface area (Å²) in [4.78, 5) is 15.4. The van der Waals surface area contributed by atoms with Crippen LogP contribution in [0, 0.1) is 0 Å². The van der Waals surface area contributed by atoms with Crippen molar-refractivity contribution in [3.63, 3.8) is 0 Å². The molecule has 8 heteroatoms. The second-order valence-electron chi connectivity index (χ2n) is 8.81. The third-order valence-electron chi connectivity index (χ3n) is 6.41. The van der Waals surface area contributed by atoms with Crippen LogP contribution in [0.15, 0.2) is 53.4 Å². The average molecular weight is 472 g/mol. The molecule has 1 N–H and O–H groups in total. The fourth-order valence-electron chi connectivity index (χ4n) is 4.50. The molecule has 7 nitrogen and oxygen atoms in total. The Labute approximate surface area is 196 Å². The Morgan fingerprint density at radius 2 is 1.70 bits per heavy atom. The lowest BCUT2D eigenvalue weighted by Crippen LogP contribution is -2.40. The number of nitrogens with zero attached hydrogens (tertiary/aromatic N) is 2. The lowest BCUT2D eigenvalue weighted by Gasteiger charge is -2.31. The number of amides is 1. The van der Waals surface area contributed by atoms with E-state index in [-0.39, 0.29) is 16.7 Å². The van der Waals surface area contributed by atoms with Gasteiger partial charge in [0.15, 0.2) is 0 Å². The number of morpholine rings is 1. The Morgan fingerprint density at radius 3 is 2.39 bits per heavy atom. The van der Waals surface area contributed by atoms with Crippen LogP contribution >= 0.6 is 0 Å². The van der Waals surface area contributed by atoms with Crippen molar-refractivity contribution >= 4 is 27.3 Å². The lowest BCUT2D eigenvalue weighted by molar-refractivity contribution is -0.116. The zero-order valence-electron chi connectivity index (χ0n) is 19.2. The number of rotatable bonds is 7. The van der Waals surface area contributed by atoms with Gasteiger partial charge < -0.3 is 15.0 Å². The van der Waals surface area contributed by atoms with Gasteiger partial charge in [0, 0.05) is 32.6 Å². The minimum Gasteiger partial charge on any atom is -0.379 e. The van der Waals surface area contributed by atoms with Gasteiger partial charge in [0.05, 0.1) is 29.5 Å². The summed E-state index contributed by atoms with van der Waals surface area (Å²) in [5.74, 6) is -0.0598. The number of ether oxygens (including phenoxy) is 1. The zero-order valence-corrected chi connectivity index (χ0v) is 20.0. The van der Waals surface area contributed by atoms with Crippen molar-refractivity contribution in [1.29, 1.82) is 0 Å². The molecule has 1 atom stereocenters. The summed E-state index contributed by atoms with van der Waals surface area (Å²) in [5, 5.41) is 3.04. The first-order valence-corrected chi connectivity index (χ1v) is 13.2. The molecule has 0 aliphatic carbocycles. The van der Waals surface area contributed by atoms with Crippen LogP contribution in [-0.4, -0.2) is 58.0 Å². The molecule has 33 heavy (non-hydrogen) atoms. The van der Waals surface area contributed by atoms with E-state index in [4.69, 9.17) is 4.74 Å². The quantitative estimate of drug-likeness (QED) is 0.664. The predicted octanol–water partition coefficient (Wildman–Crippen LogP) is 3.83. The van der Waals surface area contributed by atoms with Crippen LogP contribution in [0.25, 0.3) is 0 Å². The van der Waals surface area contributed by atoms with E-state index in [2.05, 4.69) is 10.2 Å². The van der Waals surface area contributed by atoms with Crippen molar-refractivity contribution in [2.24, 2.45) is 0 Å². The van der Waals surface area contributed by atoms with Crippen LogP contribution in [0.5, 0.6) is 0 Å². The SMILES string of the molecule is C[C@H](CC(=O)Nc1cc(S(=O)(=O)N2CCOCC2)ccc1N1CCCCC1)c1ccccc1. The minimum atomic E-state index is -3.65. The number of nitrogens with one attached hydrogen (secondary N) is 1. The smallest absolute Gasteiger partial charge is 0.243 e. The second kappa shape index (κ2) is 10.7. The normalized spacial score (nSPS) is 18.6. The monoisotopic (exact) mass is 471 g/mol. The average Bonchev–Trinajstić information content (AvgIpc) is 2.85. The maximum atomic E-state index is 13.2. The van der Waals surface area contributed by atoms with Crippen LogP contribution in [0.4, 0.5) is 11.4 Å². The maximum Gasteiger partial charge on any atom is 0.243 e. The highest BCUT2D eigenvalue weighted by Crippen LogP contribution is 2.33. The molecule has 2 saturated heterocycles. The number of benzene rings is 2. The van der Waals surface area contributed by atoms with Gasteiger partial charge in [-0.05, 0) is 48.9 Å². The molecule has 178 valence electrons. The summed E-state index contributed by atoms with van der Waals surface area (Å²) in [5.41, 5.74) is 2.56. The number of carbonyl (C=O) groups excluding carboxylic acids is 1. The van der Waals surface area contributed by atoms with E-state index in [1.165, 1.54) is 10.7 Å². The van der Waals surface area contributed by atoms with Crippen LogP contribution in [-0.2, 0) is 19.6 Å². The van der Waals surface area contributed by atoms with Gasteiger partial charge in [-0.25, -0.2) is 8.42 Å². The fraction of sp³-hybridized carbons (Fsp3) is 0.480. The topological polar surface area (TPSA) is 79.0 Å². The standard InChI is InChI=1S/C25H33N3O4S/c1-20(21-8-4-2-5-9-21)18-25(29)26-23-19-22(33(30,31)28-14-16-32-17-15-28)10-11-24(23)27-12-6-3-7-13-27/h2,4-5,8-11,19-20H,3,6-7,12-18H2,1H3,(H,26,29)/t20-/m1/s1. The first-order chi connectivity index (χ1) is 15.9. The van der Waals surface area contributed by atoms with Crippen molar-refractivity contribution in [1.82, 2.24) is 4.31 Å². The van der Waals surface area contributed by atoms with E-state index in [0.717, 1.165) is 37.2 Å². The molecule has 0 bridgehead atoms. The summed E-state index contributed by atoms with van der Waals surface area (Å²) in [6.07, 6.45) is 3.69. The van der Waals surface area contributed by atoms with Gasteiger partial charge in [0.2, 0.25) is 15.9 Å². The van der Waals surface area contributed by atoms with Crippen molar-refractivity contribution in [2.75, 3.05) is 49.6 Å². The van der Waals surface area contributed by atoms with E-state index in [0.29, 0.717) is 38.4 Å². The second-order valence-corrected chi connectivity index (χ2v) is 10.7. The summed E-state index contributed by atoms with van der Waals surface area (Å²) in [7, 11) is -3.65. The van der Waals surface area contributed by atoms with Gasteiger partial charge in [-0.15, -0.1) is 0 Å². The Balaban J connectivity index is 1.58. The van der Waals surface area contributed by atoms with Crippen molar-refractivity contribution in [2.45, 2.75) is 43.4 Å². The van der Waals surface area contributed by atoms with Gasteiger partial charge in [-0.1, -0.05) is 37.3 Å². The summed E-state index contributed by atoms with van der Waals surface area (Å²) in [6, 6.07) is 15.1. The molecule has 4 rings (SSSR count). The number of sulfonamides is 1. The van der Waals surface area contributed by atoms with Crippen molar-refractivity contribution in [3.8, 4) is 0 Å². The number of hydrogen-bond donors (Lipinski definition) is 1. The number of carbonyl (C=O) groups is 1. The third-order valence-corrected chi connectivity index (χ3v) is 8.30. The highest BCUT2D eigenvalue weighted by atomic mass is 32.2. The van der Waals surface area contributed by atoms with Gasteiger partial charge in [0.25, 0.3) is 0 Å². The zero-order chi connectivity index (χ0) is 23.3. The van der Waals surface area contributed by atoms with E-state index >= 15 is 0 Å². The molecular weight excluding hydrogens is 438 g/mol. The molecule has 0 radical (unpaired) electrons. The number of anilines is 2. The first-order valence-electron chi connectivity index (χ1n) is 11.8. The van der Waals surface area contributed by atoms with Gasteiger partial charge in [-0.2, -0.15) is 4.31 Å². The molecule has 2 aliphatic rings. The van der Waals surface area contributed by atoms with Crippen LogP contribution < -0.4 is 10.2 Å². The summed E-state index contributed by atoms with van der Waals surface area (Å²) < 4.78 is 33.2. The molecule has 2 fully saturated rings. The van der Waals surface area contributed by atoms with Crippen molar-refractivity contribution < 1.29 is 17.9 Å². The minimum absolute atomic E-state index is 0.0601. The van der Waals surface area contributed by atoms with Crippen molar-refractivity contribution in [3.05, 3.63) is 54.1 Å². The number of hydrogen-bond acceptors (Lipinski definition) is 5. The predicted molar refractivity (Wildman–Crippen MR) is 130 cm³/mol. The first kappa shape index (κ1) is 23.7. The largest absolute Gasteiger partial charge is 0.379 e. The highest BCUT2D eigenvalue weighted by Gasteiger charge is 2.28. The Bertz CT molecular complexity index is 1050. The highest BCUT2D eigenvalue weighted by molar-refractivity contribution is 7.89. The van der Waals surface area contributed by atoms with E-state index in [1.54, 1.807) is 12.1 Å². The van der Waals surface area contributed by atoms with Gasteiger partial charge in [-0.3, -0.25) is 4.79 Å². The fourth-order valence-corrected chi connectivity index (χ4v) is 5.94. The van der Waals surface area contributed by atoms with Crippen LogP contribution in [0.2, 0.25) is 0 Å². The number of piperidine rings is 1. The maximum absolute atomic E-state index is 13.2. The molecule has 0 aromatic heterocycles. The van der Waals surface area contributed by atoms with E-state index < -0.39 is 10.0 Å². The third kappa shape index (κ3) is 5.75. The molecule has 0 unspecified atom stereocenters. The van der Waals surface area contributed by atoms with E-state index in [1.807, 2.05) is 43.3 Å². The molecular formula is C25H33N3O4S. The Morgan fingerprint density at radius 1 is 1.00 bits per heavy atom. The Hall–Kier alpha value is -2.42.